The Bertz CT molecular complexity index is 194. The van der Waals surface area contributed by atoms with Crippen LogP contribution in [0.5, 0.6) is 0 Å². The maximum atomic E-state index is 11.5. The number of nitrogens with zero attached hydrogens (tertiary/aromatic N) is 1. The molecule has 0 bridgehead atoms. The van der Waals surface area contributed by atoms with E-state index in [1.165, 1.54) is 0 Å². The summed E-state index contributed by atoms with van der Waals surface area (Å²) in [6.07, 6.45) is 2.22. The van der Waals surface area contributed by atoms with Crippen molar-refractivity contribution in [1.82, 2.24) is 4.90 Å². The summed E-state index contributed by atoms with van der Waals surface area (Å²) in [4.78, 5) is 13.2. The van der Waals surface area contributed by atoms with Gasteiger partial charge in [-0.1, -0.05) is 15.9 Å². The Morgan fingerprint density at radius 1 is 1.69 bits per heavy atom. The van der Waals surface area contributed by atoms with Crippen molar-refractivity contribution < 1.29 is 9.90 Å². The summed E-state index contributed by atoms with van der Waals surface area (Å²) in [5.41, 5.74) is -0.680. The number of carbonyl (C=O) groups is 1. The van der Waals surface area contributed by atoms with Gasteiger partial charge in [0, 0.05) is 24.8 Å². The van der Waals surface area contributed by atoms with E-state index in [9.17, 15) is 9.90 Å². The molecule has 0 saturated carbocycles. The third-order valence-electron chi connectivity index (χ3n) is 2.34. The van der Waals surface area contributed by atoms with Crippen LogP contribution in [-0.4, -0.2) is 39.9 Å². The molecule has 0 aromatic carbocycles. The van der Waals surface area contributed by atoms with Crippen LogP contribution in [0.4, 0.5) is 0 Å². The van der Waals surface area contributed by atoms with Crippen LogP contribution in [0.1, 0.15) is 26.2 Å². The van der Waals surface area contributed by atoms with Gasteiger partial charge < -0.3 is 10.0 Å². The number of hydrogen-bond donors (Lipinski definition) is 1. The SMILES string of the molecule is CC1(O)CCCN(C(=O)CCBr)C1. The van der Waals surface area contributed by atoms with Crippen molar-refractivity contribution in [3.05, 3.63) is 0 Å². The van der Waals surface area contributed by atoms with Gasteiger partial charge >= 0.3 is 0 Å². The lowest BCUT2D eigenvalue weighted by Crippen LogP contribution is -2.48. The Balaban J connectivity index is 2.47. The summed E-state index contributed by atoms with van der Waals surface area (Å²) >= 11 is 3.24. The molecule has 0 radical (unpaired) electrons. The molecule has 1 aliphatic heterocycles. The quantitative estimate of drug-likeness (QED) is 0.747. The zero-order valence-corrected chi connectivity index (χ0v) is 9.51. The van der Waals surface area contributed by atoms with Crippen LogP contribution in [0.2, 0.25) is 0 Å². The standard InChI is InChI=1S/C9H16BrNO2/c1-9(13)4-2-6-11(7-9)8(12)3-5-10/h13H,2-7H2,1H3. The minimum Gasteiger partial charge on any atom is -0.388 e. The number of carbonyl (C=O) groups excluding carboxylic acids is 1. The maximum Gasteiger partial charge on any atom is 0.223 e. The van der Waals surface area contributed by atoms with Crippen LogP contribution >= 0.6 is 15.9 Å². The van der Waals surface area contributed by atoms with Gasteiger partial charge in [0.2, 0.25) is 5.91 Å². The van der Waals surface area contributed by atoms with Gasteiger partial charge in [-0.3, -0.25) is 4.79 Å². The summed E-state index contributed by atoms with van der Waals surface area (Å²) in [6.45, 7) is 3.07. The van der Waals surface area contributed by atoms with Crippen molar-refractivity contribution in [1.29, 1.82) is 0 Å². The van der Waals surface area contributed by atoms with Crippen molar-refractivity contribution in [2.75, 3.05) is 18.4 Å². The summed E-state index contributed by atoms with van der Waals surface area (Å²) in [6, 6.07) is 0. The minimum atomic E-state index is -0.680. The van der Waals surface area contributed by atoms with E-state index >= 15 is 0 Å². The molecule has 1 atom stereocenters. The first-order valence-electron chi connectivity index (χ1n) is 4.61. The molecule has 1 amide bonds. The molecular weight excluding hydrogens is 234 g/mol. The molecule has 1 rings (SSSR count). The molecule has 1 fully saturated rings. The lowest BCUT2D eigenvalue weighted by atomic mass is 9.95. The highest BCUT2D eigenvalue weighted by Crippen LogP contribution is 2.20. The van der Waals surface area contributed by atoms with E-state index in [0.717, 1.165) is 19.4 Å². The second-order valence-electron chi connectivity index (χ2n) is 3.85. The Morgan fingerprint density at radius 2 is 2.38 bits per heavy atom. The molecule has 1 N–H and O–H groups in total. The van der Waals surface area contributed by atoms with E-state index in [4.69, 9.17) is 0 Å². The average molecular weight is 250 g/mol. The lowest BCUT2D eigenvalue weighted by molar-refractivity contribution is -0.137. The average Bonchev–Trinajstić information content (AvgIpc) is 2.03. The zero-order chi connectivity index (χ0) is 9.90. The van der Waals surface area contributed by atoms with E-state index in [1.807, 2.05) is 0 Å². The first-order valence-corrected chi connectivity index (χ1v) is 5.73. The molecule has 1 saturated heterocycles. The molecule has 0 spiro atoms. The normalized spacial score (nSPS) is 29.0. The van der Waals surface area contributed by atoms with Gasteiger partial charge in [0.25, 0.3) is 0 Å². The van der Waals surface area contributed by atoms with Gasteiger partial charge in [-0.25, -0.2) is 0 Å². The highest BCUT2D eigenvalue weighted by Gasteiger charge is 2.30. The van der Waals surface area contributed by atoms with Crippen molar-refractivity contribution in [2.24, 2.45) is 0 Å². The monoisotopic (exact) mass is 249 g/mol. The summed E-state index contributed by atoms with van der Waals surface area (Å²) in [5.74, 6) is 0.136. The van der Waals surface area contributed by atoms with Crippen molar-refractivity contribution in [3.8, 4) is 0 Å². The first kappa shape index (κ1) is 11.0. The van der Waals surface area contributed by atoms with Gasteiger partial charge in [0.15, 0.2) is 0 Å². The van der Waals surface area contributed by atoms with Crippen LogP contribution in [0.15, 0.2) is 0 Å². The largest absolute Gasteiger partial charge is 0.388 e. The predicted molar refractivity (Wildman–Crippen MR) is 54.8 cm³/mol. The number of amides is 1. The summed E-state index contributed by atoms with van der Waals surface area (Å²) < 4.78 is 0. The number of halogens is 1. The second kappa shape index (κ2) is 4.42. The van der Waals surface area contributed by atoms with Crippen LogP contribution in [-0.2, 0) is 4.79 Å². The van der Waals surface area contributed by atoms with Gasteiger partial charge in [-0.15, -0.1) is 0 Å². The van der Waals surface area contributed by atoms with E-state index in [2.05, 4.69) is 15.9 Å². The molecule has 0 aromatic heterocycles. The summed E-state index contributed by atoms with van der Waals surface area (Å²) in [5, 5.41) is 10.5. The molecule has 1 heterocycles. The number of likely N-dealkylation sites (tertiary alicyclic amines) is 1. The lowest BCUT2D eigenvalue weighted by Gasteiger charge is -2.36. The van der Waals surface area contributed by atoms with Crippen LogP contribution in [0.25, 0.3) is 0 Å². The highest BCUT2D eigenvalue weighted by atomic mass is 79.9. The first-order chi connectivity index (χ1) is 6.05. The Kier molecular flexibility index (Phi) is 3.74. The van der Waals surface area contributed by atoms with E-state index in [0.29, 0.717) is 18.3 Å². The van der Waals surface area contributed by atoms with Gasteiger partial charge in [0.1, 0.15) is 0 Å². The third-order valence-corrected chi connectivity index (χ3v) is 2.73. The molecule has 13 heavy (non-hydrogen) atoms. The molecule has 76 valence electrons. The van der Waals surface area contributed by atoms with E-state index in [-0.39, 0.29) is 5.91 Å². The van der Waals surface area contributed by atoms with Crippen molar-refractivity contribution >= 4 is 21.8 Å². The van der Waals surface area contributed by atoms with Gasteiger partial charge in [0.05, 0.1) is 5.60 Å². The third kappa shape index (κ3) is 3.27. The molecule has 3 nitrogen and oxygen atoms in total. The number of rotatable bonds is 2. The number of β-amino-alcohol motifs (C(OH)–C–C–N with tert-alkyl or cyclic N) is 1. The molecule has 0 aromatic rings. The fraction of sp³-hybridized carbons (Fsp3) is 0.889. The number of alkyl halides is 1. The highest BCUT2D eigenvalue weighted by molar-refractivity contribution is 9.09. The Hall–Kier alpha value is -0.0900. The predicted octanol–water partition coefficient (Wildman–Crippen LogP) is 1.14. The topological polar surface area (TPSA) is 40.5 Å². The smallest absolute Gasteiger partial charge is 0.223 e. The summed E-state index contributed by atoms with van der Waals surface area (Å²) in [7, 11) is 0. The van der Waals surface area contributed by atoms with Crippen LogP contribution in [0.3, 0.4) is 0 Å². The van der Waals surface area contributed by atoms with E-state index in [1.54, 1.807) is 11.8 Å². The minimum absolute atomic E-state index is 0.136. The molecule has 1 unspecified atom stereocenters. The second-order valence-corrected chi connectivity index (χ2v) is 4.65. The number of hydrogen-bond acceptors (Lipinski definition) is 2. The van der Waals surface area contributed by atoms with E-state index < -0.39 is 5.60 Å². The van der Waals surface area contributed by atoms with Crippen LogP contribution < -0.4 is 0 Å². The van der Waals surface area contributed by atoms with Crippen LogP contribution in [0, 0.1) is 0 Å². The number of piperidine rings is 1. The Labute approximate surface area is 87.2 Å². The molecule has 1 aliphatic rings. The fourth-order valence-electron chi connectivity index (χ4n) is 1.67. The molecular formula is C9H16BrNO2. The van der Waals surface area contributed by atoms with Gasteiger partial charge in [-0.2, -0.15) is 0 Å². The Morgan fingerprint density at radius 3 is 2.92 bits per heavy atom. The zero-order valence-electron chi connectivity index (χ0n) is 7.92. The molecule has 4 heteroatoms. The number of aliphatic hydroxyl groups is 1. The maximum absolute atomic E-state index is 11.5. The molecule has 0 aliphatic carbocycles. The fourth-order valence-corrected chi connectivity index (χ4v) is 2.01. The van der Waals surface area contributed by atoms with Gasteiger partial charge in [-0.05, 0) is 19.8 Å². The van der Waals surface area contributed by atoms with Crippen molar-refractivity contribution in [3.63, 3.8) is 0 Å². The van der Waals surface area contributed by atoms with Crippen molar-refractivity contribution in [2.45, 2.75) is 31.8 Å².